The molecule has 8 nitrogen and oxygen atoms in total. The number of rotatable bonds is 6. The number of esters is 1. The highest BCUT2D eigenvalue weighted by atomic mass is 35.5. The summed E-state index contributed by atoms with van der Waals surface area (Å²) in [4.78, 5) is 24.1. The summed E-state index contributed by atoms with van der Waals surface area (Å²) in [5.74, 6) is -1.05. The van der Waals surface area contributed by atoms with Gasteiger partial charge in [-0.2, -0.15) is 0 Å². The van der Waals surface area contributed by atoms with Crippen molar-refractivity contribution < 1.29 is 27.5 Å². The van der Waals surface area contributed by atoms with E-state index in [2.05, 4.69) is 5.32 Å². The van der Waals surface area contributed by atoms with Crippen LogP contribution in [0.25, 0.3) is 0 Å². The molecular formula is C17H17ClN2O6S. The lowest BCUT2D eigenvalue weighted by Gasteiger charge is -2.15. The molecule has 2 aromatic carbocycles. The number of ether oxygens (including phenoxy) is 2. The van der Waals surface area contributed by atoms with Crippen LogP contribution in [0.4, 0.5) is 5.69 Å². The third-order valence-corrected chi connectivity index (χ3v) is 4.88. The first-order valence-corrected chi connectivity index (χ1v) is 9.53. The van der Waals surface area contributed by atoms with Crippen LogP contribution in [0.3, 0.4) is 0 Å². The third-order valence-electron chi connectivity index (χ3n) is 3.49. The molecule has 0 aliphatic carbocycles. The highest BCUT2D eigenvalue weighted by Gasteiger charge is 2.22. The second-order valence-corrected chi connectivity index (χ2v) is 7.36. The molecule has 10 heteroatoms. The van der Waals surface area contributed by atoms with Crippen LogP contribution < -0.4 is 15.2 Å². The van der Waals surface area contributed by atoms with Gasteiger partial charge in [0.25, 0.3) is 5.91 Å². The van der Waals surface area contributed by atoms with Crippen LogP contribution in [0, 0.1) is 0 Å². The molecule has 2 rings (SSSR count). The van der Waals surface area contributed by atoms with Crippen molar-refractivity contribution in [3.8, 4) is 5.75 Å². The molecule has 0 aliphatic rings. The third kappa shape index (κ3) is 5.19. The number of amides is 1. The van der Waals surface area contributed by atoms with Gasteiger partial charge in [-0.15, -0.1) is 0 Å². The van der Waals surface area contributed by atoms with Gasteiger partial charge >= 0.3 is 5.97 Å². The topological polar surface area (TPSA) is 125 Å². The first-order chi connectivity index (χ1) is 12.6. The summed E-state index contributed by atoms with van der Waals surface area (Å²) in [5.41, 5.74) is 0.302. The molecule has 0 fully saturated rings. The van der Waals surface area contributed by atoms with Crippen LogP contribution in [0.15, 0.2) is 47.4 Å². The van der Waals surface area contributed by atoms with E-state index in [1.54, 1.807) is 24.3 Å². The van der Waals surface area contributed by atoms with Gasteiger partial charge in [0.1, 0.15) is 10.6 Å². The molecule has 0 saturated carbocycles. The summed E-state index contributed by atoms with van der Waals surface area (Å²) in [5, 5.41) is 7.51. The number of anilines is 1. The van der Waals surface area contributed by atoms with Crippen molar-refractivity contribution in [3.63, 3.8) is 0 Å². The molecule has 0 saturated heterocycles. The van der Waals surface area contributed by atoms with E-state index in [-0.39, 0.29) is 10.6 Å². The Kier molecular flexibility index (Phi) is 6.42. The highest BCUT2D eigenvalue weighted by Crippen LogP contribution is 2.24. The van der Waals surface area contributed by atoms with Crippen molar-refractivity contribution >= 4 is 39.2 Å². The standard InChI is InChI=1S/C17H17ClN2O6S/c1-10(16(21)20-13-5-3-4-6-14(13)25-2)26-17(22)11-7-8-12(18)15(9-11)27(19,23)24/h3-10H,1-2H3,(H,20,21)(H2,19,23,24)/t10-/m1/s1. The normalized spacial score (nSPS) is 12.1. The Balaban J connectivity index is 2.12. The lowest BCUT2D eigenvalue weighted by molar-refractivity contribution is -0.123. The second-order valence-electron chi connectivity index (χ2n) is 5.43. The molecule has 3 N–H and O–H groups in total. The van der Waals surface area contributed by atoms with Crippen LogP contribution >= 0.6 is 11.6 Å². The van der Waals surface area contributed by atoms with Crippen molar-refractivity contribution in [1.29, 1.82) is 0 Å². The van der Waals surface area contributed by atoms with Gasteiger partial charge in [-0.1, -0.05) is 23.7 Å². The number of nitrogens with two attached hydrogens (primary N) is 1. The Morgan fingerprint density at radius 1 is 1.19 bits per heavy atom. The quantitative estimate of drug-likeness (QED) is 0.700. The number of sulfonamides is 1. The van der Waals surface area contributed by atoms with Crippen LogP contribution in [-0.4, -0.2) is 33.5 Å². The van der Waals surface area contributed by atoms with E-state index in [0.717, 1.165) is 6.07 Å². The van der Waals surface area contributed by atoms with Gasteiger partial charge in [-0.05, 0) is 37.3 Å². The van der Waals surface area contributed by atoms with E-state index < -0.39 is 32.9 Å². The fourth-order valence-corrected chi connectivity index (χ4v) is 3.18. The van der Waals surface area contributed by atoms with Crippen molar-refractivity contribution in [3.05, 3.63) is 53.1 Å². The van der Waals surface area contributed by atoms with E-state index in [1.807, 2.05) is 0 Å². The maximum absolute atomic E-state index is 12.2. The molecule has 1 amide bonds. The summed E-state index contributed by atoms with van der Waals surface area (Å²) >= 11 is 5.77. The van der Waals surface area contributed by atoms with Gasteiger partial charge in [-0.3, -0.25) is 4.79 Å². The maximum atomic E-state index is 12.2. The van der Waals surface area contributed by atoms with Gasteiger partial charge in [0.05, 0.1) is 23.4 Å². The van der Waals surface area contributed by atoms with Gasteiger partial charge in [0.2, 0.25) is 10.0 Å². The molecule has 0 unspecified atom stereocenters. The van der Waals surface area contributed by atoms with Gasteiger partial charge in [0.15, 0.2) is 6.10 Å². The minimum Gasteiger partial charge on any atom is -0.495 e. The van der Waals surface area contributed by atoms with E-state index in [9.17, 15) is 18.0 Å². The molecule has 0 radical (unpaired) electrons. The van der Waals surface area contributed by atoms with Crippen molar-refractivity contribution in [2.75, 3.05) is 12.4 Å². The summed E-state index contributed by atoms with van der Waals surface area (Å²) in [6, 6.07) is 10.2. The summed E-state index contributed by atoms with van der Waals surface area (Å²) < 4.78 is 33.2. The molecule has 0 heterocycles. The molecule has 0 aliphatic heterocycles. The highest BCUT2D eigenvalue weighted by molar-refractivity contribution is 7.89. The SMILES string of the molecule is COc1ccccc1NC(=O)[C@@H](C)OC(=O)c1ccc(Cl)c(S(N)(=O)=O)c1. The Hall–Kier alpha value is -2.62. The first-order valence-electron chi connectivity index (χ1n) is 7.60. The zero-order valence-electron chi connectivity index (χ0n) is 14.4. The molecule has 2 aromatic rings. The molecular weight excluding hydrogens is 396 g/mol. The van der Waals surface area contributed by atoms with E-state index in [4.69, 9.17) is 26.2 Å². The predicted molar refractivity (Wildman–Crippen MR) is 99.3 cm³/mol. The summed E-state index contributed by atoms with van der Waals surface area (Å²) in [7, 11) is -2.66. The number of halogens is 1. The summed E-state index contributed by atoms with van der Waals surface area (Å²) in [6.45, 7) is 1.37. The lowest BCUT2D eigenvalue weighted by Crippen LogP contribution is -2.30. The fourth-order valence-electron chi connectivity index (χ4n) is 2.11. The van der Waals surface area contributed by atoms with Gasteiger partial charge in [-0.25, -0.2) is 18.4 Å². The number of methoxy groups -OCH3 is 1. The number of primary sulfonamides is 1. The Morgan fingerprint density at radius 3 is 2.48 bits per heavy atom. The van der Waals surface area contributed by atoms with Crippen LogP contribution in [0.2, 0.25) is 5.02 Å². The number of hydrogen-bond acceptors (Lipinski definition) is 6. The number of carbonyl (C=O) groups excluding carboxylic acids is 2. The number of benzene rings is 2. The number of para-hydroxylation sites is 2. The lowest BCUT2D eigenvalue weighted by atomic mass is 10.2. The zero-order valence-corrected chi connectivity index (χ0v) is 16.0. The average Bonchev–Trinajstić information content (AvgIpc) is 2.61. The van der Waals surface area contributed by atoms with Crippen molar-refractivity contribution in [1.82, 2.24) is 0 Å². The Labute approximate surface area is 161 Å². The van der Waals surface area contributed by atoms with E-state index in [0.29, 0.717) is 11.4 Å². The maximum Gasteiger partial charge on any atom is 0.338 e. The number of nitrogens with one attached hydrogen (secondary N) is 1. The van der Waals surface area contributed by atoms with Gasteiger partial charge in [0, 0.05) is 0 Å². The van der Waals surface area contributed by atoms with Crippen molar-refractivity contribution in [2.24, 2.45) is 5.14 Å². The van der Waals surface area contributed by atoms with Gasteiger partial charge < -0.3 is 14.8 Å². The second kappa shape index (κ2) is 8.38. The smallest absolute Gasteiger partial charge is 0.338 e. The largest absolute Gasteiger partial charge is 0.495 e. The predicted octanol–water partition coefficient (Wildman–Crippen LogP) is 2.18. The Bertz CT molecular complexity index is 977. The number of carbonyl (C=O) groups is 2. The van der Waals surface area contributed by atoms with Crippen LogP contribution in [0.1, 0.15) is 17.3 Å². The number of hydrogen-bond donors (Lipinski definition) is 2. The molecule has 0 bridgehead atoms. The summed E-state index contributed by atoms with van der Waals surface area (Å²) in [6.07, 6.45) is -1.16. The minimum atomic E-state index is -4.12. The average molecular weight is 413 g/mol. The van der Waals surface area contributed by atoms with Crippen LogP contribution in [0.5, 0.6) is 5.75 Å². The molecule has 0 spiro atoms. The zero-order chi connectivity index (χ0) is 20.2. The molecule has 144 valence electrons. The van der Waals surface area contributed by atoms with Crippen molar-refractivity contribution in [2.45, 2.75) is 17.9 Å². The van der Waals surface area contributed by atoms with E-state index in [1.165, 1.54) is 26.2 Å². The monoisotopic (exact) mass is 412 g/mol. The Morgan fingerprint density at radius 2 is 1.85 bits per heavy atom. The first kappa shape index (κ1) is 20.7. The molecule has 1 atom stereocenters. The molecule has 27 heavy (non-hydrogen) atoms. The van der Waals surface area contributed by atoms with E-state index >= 15 is 0 Å². The molecule has 0 aromatic heterocycles. The van der Waals surface area contributed by atoms with Crippen LogP contribution in [-0.2, 0) is 19.6 Å². The fraction of sp³-hybridized carbons (Fsp3) is 0.176. The minimum absolute atomic E-state index is 0.111.